The summed E-state index contributed by atoms with van der Waals surface area (Å²) in [6.07, 6.45) is 48.8. The minimum atomic E-state index is -4.96. The Labute approximate surface area is 575 Å². The molecule has 0 fully saturated rings. The first-order chi connectivity index (χ1) is 45.1. The van der Waals surface area contributed by atoms with Crippen LogP contribution in [0.3, 0.4) is 0 Å². The molecule has 0 rings (SSSR count). The number of carbonyl (C=O) groups is 4. The second-order valence-electron chi connectivity index (χ2n) is 28.7. The average molecular weight is 1380 g/mol. The SMILES string of the molecule is CCC(C)CCCCCCCCC(=O)OC[C@H](COP(=O)(O)OC[C@H](O)COP(=O)(O)OC[C@@H](COC(=O)CCCCCCCCCCCC(C)C)OC(=O)CCCCCCCCCCC(C)C)OC(=O)CCCCCCCCCCCCCCCCCCCCC(C)C. The lowest BCUT2D eigenvalue weighted by molar-refractivity contribution is -0.161. The van der Waals surface area contributed by atoms with Gasteiger partial charge >= 0.3 is 39.5 Å². The van der Waals surface area contributed by atoms with E-state index in [1.54, 1.807) is 0 Å². The third-order valence-electron chi connectivity index (χ3n) is 17.7. The Bertz CT molecular complexity index is 1850. The second kappa shape index (κ2) is 64.4. The van der Waals surface area contributed by atoms with Gasteiger partial charge in [0, 0.05) is 25.7 Å². The van der Waals surface area contributed by atoms with E-state index in [1.165, 1.54) is 173 Å². The number of phosphoric acid groups is 2. The zero-order valence-corrected chi connectivity index (χ0v) is 63.4. The van der Waals surface area contributed by atoms with Gasteiger partial charge in [-0.3, -0.25) is 37.3 Å². The first-order valence-electron chi connectivity index (χ1n) is 38.7. The Morgan fingerprint density at radius 2 is 0.511 bits per heavy atom. The smallest absolute Gasteiger partial charge is 0.462 e. The normalized spacial score (nSPS) is 14.4. The number of esters is 4. The van der Waals surface area contributed by atoms with Crippen molar-refractivity contribution in [3.05, 3.63) is 0 Å². The Morgan fingerprint density at radius 1 is 0.298 bits per heavy atom. The van der Waals surface area contributed by atoms with Crippen LogP contribution >= 0.6 is 15.6 Å². The van der Waals surface area contributed by atoms with Crippen LogP contribution in [0.2, 0.25) is 0 Å². The molecular formula is C75H146O17P2. The van der Waals surface area contributed by atoms with Gasteiger partial charge in [0.1, 0.15) is 19.3 Å². The molecule has 3 N–H and O–H groups in total. The molecule has 0 aromatic heterocycles. The van der Waals surface area contributed by atoms with E-state index < -0.39 is 97.5 Å². The van der Waals surface area contributed by atoms with Gasteiger partial charge in [-0.25, -0.2) is 9.13 Å². The first kappa shape index (κ1) is 92.1. The lowest BCUT2D eigenvalue weighted by atomic mass is 10.00. The van der Waals surface area contributed by atoms with Gasteiger partial charge in [-0.2, -0.15) is 0 Å². The highest BCUT2D eigenvalue weighted by Crippen LogP contribution is 2.45. The Hall–Kier alpha value is -1.94. The third-order valence-corrected chi connectivity index (χ3v) is 19.6. The molecule has 19 heteroatoms. The molecule has 0 aromatic carbocycles. The van der Waals surface area contributed by atoms with Crippen LogP contribution in [-0.4, -0.2) is 96.7 Å². The van der Waals surface area contributed by atoms with Crippen LogP contribution in [-0.2, 0) is 65.4 Å². The van der Waals surface area contributed by atoms with Gasteiger partial charge in [-0.05, 0) is 49.4 Å². The van der Waals surface area contributed by atoms with Crippen molar-refractivity contribution in [1.29, 1.82) is 0 Å². The van der Waals surface area contributed by atoms with Gasteiger partial charge in [0.15, 0.2) is 12.2 Å². The van der Waals surface area contributed by atoms with E-state index in [2.05, 4.69) is 55.4 Å². The molecule has 0 saturated carbocycles. The standard InChI is InChI=1S/C75H146O17P2/c1-9-68(8)54-46-38-33-34-40-48-56-73(78)86-62-71(91-74(79)57-49-41-31-23-19-17-15-13-11-10-12-14-16-18-21-27-35-43-51-65(2)3)64-90-94(83,84)88-60-69(76)59-87-93(81,82)89-63-70(92-75(80)58-50-42-32-26-25-29-37-45-53-67(6)7)61-85-72(77)55-47-39-30-24-20-22-28-36-44-52-66(4)5/h65-71,76H,9-64H2,1-8H3,(H,81,82)(H,83,84)/t68?,69-,70-,71-/m1/s1. The summed E-state index contributed by atoms with van der Waals surface area (Å²) in [4.78, 5) is 72.7. The summed E-state index contributed by atoms with van der Waals surface area (Å²) in [5.74, 6) is 0.887. The molecule has 0 radical (unpaired) electrons. The summed E-state index contributed by atoms with van der Waals surface area (Å²) in [6, 6.07) is 0. The molecule has 94 heavy (non-hydrogen) atoms. The number of carbonyl (C=O) groups excluding carboxylic acids is 4. The van der Waals surface area contributed by atoms with Crippen molar-refractivity contribution >= 4 is 39.5 Å². The predicted molar refractivity (Wildman–Crippen MR) is 381 cm³/mol. The highest BCUT2D eigenvalue weighted by molar-refractivity contribution is 7.47. The van der Waals surface area contributed by atoms with Crippen molar-refractivity contribution < 1.29 is 80.2 Å². The summed E-state index contributed by atoms with van der Waals surface area (Å²) < 4.78 is 68.4. The lowest BCUT2D eigenvalue weighted by Crippen LogP contribution is -2.30. The minimum Gasteiger partial charge on any atom is -0.462 e. The van der Waals surface area contributed by atoms with Crippen LogP contribution in [0.1, 0.15) is 376 Å². The molecule has 0 aliphatic carbocycles. The van der Waals surface area contributed by atoms with Gasteiger partial charge in [-0.15, -0.1) is 0 Å². The van der Waals surface area contributed by atoms with Gasteiger partial charge in [0.25, 0.3) is 0 Å². The van der Waals surface area contributed by atoms with E-state index in [0.717, 1.165) is 120 Å². The molecule has 0 heterocycles. The van der Waals surface area contributed by atoms with Gasteiger partial charge in [0.05, 0.1) is 26.4 Å². The van der Waals surface area contributed by atoms with Crippen LogP contribution in [0.5, 0.6) is 0 Å². The fourth-order valence-electron chi connectivity index (χ4n) is 11.3. The van der Waals surface area contributed by atoms with E-state index in [1.807, 2.05) is 0 Å². The number of hydrogen-bond acceptors (Lipinski definition) is 15. The summed E-state index contributed by atoms with van der Waals surface area (Å²) >= 11 is 0. The van der Waals surface area contributed by atoms with E-state index in [-0.39, 0.29) is 25.7 Å². The van der Waals surface area contributed by atoms with E-state index in [4.69, 9.17) is 37.0 Å². The van der Waals surface area contributed by atoms with Crippen LogP contribution in [0, 0.1) is 23.7 Å². The predicted octanol–water partition coefficient (Wildman–Crippen LogP) is 21.7. The topological polar surface area (TPSA) is 237 Å². The fraction of sp³-hybridized carbons (Fsp3) is 0.947. The minimum absolute atomic E-state index is 0.104. The van der Waals surface area contributed by atoms with Crippen molar-refractivity contribution in [2.45, 2.75) is 395 Å². The first-order valence-corrected chi connectivity index (χ1v) is 41.7. The summed E-state index contributed by atoms with van der Waals surface area (Å²) in [6.45, 7) is 14.1. The van der Waals surface area contributed by atoms with Crippen LogP contribution in [0.25, 0.3) is 0 Å². The molecule has 558 valence electrons. The quantitative estimate of drug-likeness (QED) is 0.0222. The molecule has 0 aromatic rings. The van der Waals surface area contributed by atoms with Crippen molar-refractivity contribution in [2.75, 3.05) is 39.6 Å². The Balaban J connectivity index is 5.18. The molecule has 0 spiro atoms. The average Bonchev–Trinajstić information content (AvgIpc) is 1.14. The number of aliphatic hydroxyl groups excluding tert-OH is 1. The molecule has 0 amide bonds. The number of hydrogen-bond donors (Lipinski definition) is 3. The van der Waals surface area contributed by atoms with Crippen molar-refractivity contribution in [3.63, 3.8) is 0 Å². The van der Waals surface area contributed by atoms with Crippen molar-refractivity contribution in [1.82, 2.24) is 0 Å². The second-order valence-corrected chi connectivity index (χ2v) is 31.6. The third kappa shape index (κ3) is 67.3. The number of rotatable bonds is 72. The fourth-order valence-corrected chi connectivity index (χ4v) is 12.9. The van der Waals surface area contributed by atoms with Crippen LogP contribution in [0.15, 0.2) is 0 Å². The number of phosphoric ester groups is 2. The number of unbranched alkanes of at least 4 members (excludes halogenated alkanes) is 37. The number of aliphatic hydroxyl groups is 1. The van der Waals surface area contributed by atoms with Crippen LogP contribution in [0.4, 0.5) is 0 Å². The largest absolute Gasteiger partial charge is 0.472 e. The maximum absolute atomic E-state index is 13.1. The van der Waals surface area contributed by atoms with Crippen molar-refractivity contribution in [3.8, 4) is 0 Å². The molecule has 0 aliphatic heterocycles. The summed E-state index contributed by atoms with van der Waals surface area (Å²) in [7, 11) is -9.91. The van der Waals surface area contributed by atoms with E-state index in [9.17, 15) is 43.2 Å². The highest BCUT2D eigenvalue weighted by atomic mass is 31.2. The van der Waals surface area contributed by atoms with Gasteiger partial charge in [-0.1, -0.05) is 325 Å². The van der Waals surface area contributed by atoms with Crippen LogP contribution < -0.4 is 0 Å². The zero-order valence-electron chi connectivity index (χ0n) is 61.6. The Kier molecular flexibility index (Phi) is 63.1. The zero-order chi connectivity index (χ0) is 69.6. The highest BCUT2D eigenvalue weighted by Gasteiger charge is 2.30. The van der Waals surface area contributed by atoms with Gasteiger partial charge < -0.3 is 33.8 Å². The van der Waals surface area contributed by atoms with E-state index in [0.29, 0.717) is 25.7 Å². The lowest BCUT2D eigenvalue weighted by Gasteiger charge is -2.21. The number of ether oxygens (including phenoxy) is 4. The molecule has 0 aliphatic rings. The summed E-state index contributed by atoms with van der Waals surface area (Å²) in [5.41, 5.74) is 0. The van der Waals surface area contributed by atoms with Crippen molar-refractivity contribution in [2.24, 2.45) is 23.7 Å². The molecule has 6 atom stereocenters. The molecule has 0 bridgehead atoms. The van der Waals surface area contributed by atoms with E-state index >= 15 is 0 Å². The Morgan fingerprint density at radius 3 is 0.755 bits per heavy atom. The molecule has 3 unspecified atom stereocenters. The van der Waals surface area contributed by atoms with Gasteiger partial charge in [0.2, 0.25) is 0 Å². The maximum Gasteiger partial charge on any atom is 0.472 e. The molecular weight excluding hydrogens is 1230 g/mol. The monoisotopic (exact) mass is 1380 g/mol. The molecule has 17 nitrogen and oxygen atoms in total. The summed E-state index contributed by atoms with van der Waals surface area (Å²) in [5, 5.41) is 10.6. The maximum atomic E-state index is 13.1. The molecule has 0 saturated heterocycles.